The summed E-state index contributed by atoms with van der Waals surface area (Å²) in [5, 5.41) is 4.51. The molecule has 0 bridgehead atoms. The third-order valence-electron chi connectivity index (χ3n) is 4.71. The maximum absolute atomic E-state index is 12.8. The Morgan fingerprint density at radius 2 is 1.91 bits per heavy atom. The summed E-state index contributed by atoms with van der Waals surface area (Å²) in [4.78, 5) is 15.0. The molecule has 2 aromatic heterocycles. The van der Waals surface area contributed by atoms with E-state index in [9.17, 15) is 18.0 Å². The lowest BCUT2D eigenvalue weighted by atomic mass is 10.0. The predicted molar refractivity (Wildman–Crippen MR) is 114 cm³/mol. The SMILES string of the molecule is COc1cc(OC(C)=O)ccc1OCCc1cn(-c2ccc(C(F)(F)F)cn2)nc1C(C)C. The van der Waals surface area contributed by atoms with Crippen molar-refractivity contribution in [3.8, 4) is 23.1 Å². The van der Waals surface area contributed by atoms with Crippen molar-refractivity contribution in [2.45, 2.75) is 39.3 Å². The number of alkyl halides is 3. The molecule has 0 spiro atoms. The number of hydrogen-bond acceptors (Lipinski definition) is 6. The molecule has 2 heterocycles. The number of halogens is 3. The number of rotatable bonds is 8. The van der Waals surface area contributed by atoms with Crippen molar-refractivity contribution in [3.63, 3.8) is 0 Å². The van der Waals surface area contributed by atoms with E-state index in [1.165, 1.54) is 24.8 Å². The van der Waals surface area contributed by atoms with E-state index in [0.717, 1.165) is 23.5 Å². The zero-order chi connectivity index (χ0) is 24.2. The van der Waals surface area contributed by atoms with Gasteiger partial charge in [-0.15, -0.1) is 0 Å². The maximum atomic E-state index is 12.8. The van der Waals surface area contributed by atoms with Crippen molar-refractivity contribution in [2.75, 3.05) is 13.7 Å². The molecule has 0 saturated carbocycles. The summed E-state index contributed by atoms with van der Waals surface area (Å²) in [6.07, 6.45) is -1.41. The minimum atomic E-state index is -4.45. The van der Waals surface area contributed by atoms with E-state index in [0.29, 0.717) is 36.1 Å². The smallest absolute Gasteiger partial charge is 0.417 e. The van der Waals surface area contributed by atoms with Gasteiger partial charge in [-0.1, -0.05) is 13.8 Å². The molecule has 7 nitrogen and oxygen atoms in total. The largest absolute Gasteiger partial charge is 0.493 e. The van der Waals surface area contributed by atoms with Gasteiger partial charge in [-0.25, -0.2) is 9.67 Å². The molecule has 0 fully saturated rings. The van der Waals surface area contributed by atoms with Crippen LogP contribution in [0.4, 0.5) is 13.2 Å². The molecule has 0 atom stereocenters. The van der Waals surface area contributed by atoms with Crippen LogP contribution in [0.1, 0.15) is 43.5 Å². The fourth-order valence-electron chi connectivity index (χ4n) is 3.18. The fourth-order valence-corrected chi connectivity index (χ4v) is 3.18. The number of carbonyl (C=O) groups excluding carboxylic acids is 1. The van der Waals surface area contributed by atoms with Crippen LogP contribution in [0.2, 0.25) is 0 Å². The standard InChI is InChI=1S/C23H24F3N3O4/c1-14(2)22-16(13-29(28-22)21-8-5-17(12-27-21)23(24,25)26)9-10-32-19-7-6-18(33-15(3)30)11-20(19)31-4/h5-8,11-14H,9-10H2,1-4H3. The van der Waals surface area contributed by atoms with Crippen LogP contribution in [0.3, 0.4) is 0 Å². The number of aromatic nitrogens is 3. The van der Waals surface area contributed by atoms with E-state index in [1.807, 2.05) is 13.8 Å². The monoisotopic (exact) mass is 463 g/mol. The van der Waals surface area contributed by atoms with Crippen molar-refractivity contribution in [3.05, 3.63) is 59.5 Å². The Hall–Kier alpha value is -3.56. The van der Waals surface area contributed by atoms with E-state index in [4.69, 9.17) is 14.2 Å². The Bertz CT molecular complexity index is 1110. The number of nitrogens with zero attached hydrogens (tertiary/aromatic N) is 3. The molecule has 10 heteroatoms. The number of benzene rings is 1. The van der Waals surface area contributed by atoms with Gasteiger partial charge in [0, 0.05) is 31.8 Å². The molecule has 0 unspecified atom stereocenters. The third kappa shape index (κ3) is 6.03. The molecule has 176 valence electrons. The predicted octanol–water partition coefficient (Wildman–Crippen LogP) is 4.96. The fraction of sp³-hybridized carbons (Fsp3) is 0.348. The van der Waals surface area contributed by atoms with Gasteiger partial charge < -0.3 is 14.2 Å². The highest BCUT2D eigenvalue weighted by Crippen LogP contribution is 2.32. The summed E-state index contributed by atoms with van der Waals surface area (Å²) < 4.78 is 56.1. The van der Waals surface area contributed by atoms with E-state index in [2.05, 4.69) is 10.1 Å². The zero-order valence-electron chi connectivity index (χ0n) is 18.6. The van der Waals surface area contributed by atoms with Crippen molar-refractivity contribution in [1.29, 1.82) is 0 Å². The first-order valence-electron chi connectivity index (χ1n) is 10.2. The molecule has 0 aliphatic rings. The number of methoxy groups -OCH3 is 1. The van der Waals surface area contributed by atoms with Gasteiger partial charge in [-0.05, 0) is 35.7 Å². The minimum Gasteiger partial charge on any atom is -0.493 e. The molecule has 0 N–H and O–H groups in total. The highest BCUT2D eigenvalue weighted by atomic mass is 19.4. The second kappa shape index (κ2) is 9.93. The highest BCUT2D eigenvalue weighted by molar-refractivity contribution is 5.69. The van der Waals surface area contributed by atoms with Crippen LogP contribution >= 0.6 is 0 Å². The Kier molecular flexibility index (Phi) is 7.25. The first-order chi connectivity index (χ1) is 15.6. The van der Waals surface area contributed by atoms with Crippen LogP contribution in [0, 0.1) is 0 Å². The summed E-state index contributed by atoms with van der Waals surface area (Å²) in [6.45, 7) is 5.57. The Labute approximate surface area is 189 Å². The number of esters is 1. The Morgan fingerprint density at radius 3 is 2.48 bits per heavy atom. The lowest BCUT2D eigenvalue weighted by Gasteiger charge is -2.12. The Morgan fingerprint density at radius 1 is 1.15 bits per heavy atom. The van der Waals surface area contributed by atoms with Crippen LogP contribution in [-0.4, -0.2) is 34.5 Å². The zero-order valence-corrected chi connectivity index (χ0v) is 18.6. The van der Waals surface area contributed by atoms with Crippen molar-refractivity contribution in [1.82, 2.24) is 14.8 Å². The molecule has 0 amide bonds. The van der Waals surface area contributed by atoms with Gasteiger partial charge in [-0.2, -0.15) is 18.3 Å². The van der Waals surface area contributed by atoms with Gasteiger partial charge >= 0.3 is 12.1 Å². The normalized spacial score (nSPS) is 11.5. The summed E-state index contributed by atoms with van der Waals surface area (Å²) in [6, 6.07) is 7.08. The first kappa shape index (κ1) is 24.1. The highest BCUT2D eigenvalue weighted by Gasteiger charge is 2.30. The van der Waals surface area contributed by atoms with E-state index >= 15 is 0 Å². The van der Waals surface area contributed by atoms with Gasteiger partial charge in [0.15, 0.2) is 17.3 Å². The van der Waals surface area contributed by atoms with Crippen molar-refractivity contribution >= 4 is 5.97 Å². The average Bonchev–Trinajstić information content (AvgIpc) is 3.18. The lowest BCUT2D eigenvalue weighted by molar-refractivity contribution is -0.138. The molecular weight excluding hydrogens is 439 g/mol. The van der Waals surface area contributed by atoms with Gasteiger partial charge in [0.25, 0.3) is 0 Å². The number of ether oxygens (including phenoxy) is 3. The molecule has 33 heavy (non-hydrogen) atoms. The first-order valence-corrected chi connectivity index (χ1v) is 10.2. The van der Waals surface area contributed by atoms with Crippen LogP contribution in [-0.2, 0) is 17.4 Å². The Balaban J connectivity index is 1.74. The lowest BCUT2D eigenvalue weighted by Crippen LogP contribution is -2.07. The number of hydrogen-bond donors (Lipinski definition) is 0. The van der Waals surface area contributed by atoms with Gasteiger partial charge in [0.05, 0.1) is 25.0 Å². The molecule has 1 aromatic carbocycles. The summed E-state index contributed by atoms with van der Waals surface area (Å²) in [5.74, 6) is 1.19. The van der Waals surface area contributed by atoms with E-state index in [-0.39, 0.29) is 5.92 Å². The summed E-state index contributed by atoms with van der Waals surface area (Å²) in [7, 11) is 1.48. The third-order valence-corrected chi connectivity index (χ3v) is 4.71. The molecule has 0 aliphatic heterocycles. The van der Waals surface area contributed by atoms with Crippen molar-refractivity contribution in [2.24, 2.45) is 0 Å². The second-order valence-corrected chi connectivity index (χ2v) is 7.55. The quantitative estimate of drug-likeness (QED) is 0.347. The minimum absolute atomic E-state index is 0.0910. The average molecular weight is 463 g/mol. The molecule has 3 rings (SSSR count). The molecular formula is C23H24F3N3O4. The molecule has 3 aromatic rings. The number of carbonyl (C=O) groups is 1. The second-order valence-electron chi connectivity index (χ2n) is 7.55. The topological polar surface area (TPSA) is 75.5 Å². The van der Waals surface area contributed by atoms with Gasteiger partial charge in [-0.3, -0.25) is 4.79 Å². The van der Waals surface area contributed by atoms with Gasteiger partial charge in [0.2, 0.25) is 0 Å². The number of pyridine rings is 1. The van der Waals surface area contributed by atoms with E-state index < -0.39 is 17.7 Å². The van der Waals surface area contributed by atoms with E-state index in [1.54, 1.807) is 24.4 Å². The molecule has 0 radical (unpaired) electrons. The molecule has 0 saturated heterocycles. The van der Waals surface area contributed by atoms with Gasteiger partial charge in [0.1, 0.15) is 5.75 Å². The summed E-state index contributed by atoms with van der Waals surface area (Å²) in [5.41, 5.74) is 0.879. The van der Waals surface area contributed by atoms with Crippen LogP contribution in [0.15, 0.2) is 42.7 Å². The van der Waals surface area contributed by atoms with Crippen LogP contribution in [0.5, 0.6) is 17.2 Å². The van der Waals surface area contributed by atoms with Crippen molar-refractivity contribution < 1.29 is 32.2 Å². The van der Waals surface area contributed by atoms with Crippen LogP contribution < -0.4 is 14.2 Å². The van der Waals surface area contributed by atoms with Crippen LogP contribution in [0.25, 0.3) is 5.82 Å². The maximum Gasteiger partial charge on any atom is 0.417 e. The summed E-state index contributed by atoms with van der Waals surface area (Å²) >= 11 is 0. The molecule has 0 aliphatic carbocycles.